The number of nitrogens with zero attached hydrogens (tertiary/aromatic N) is 8. The van der Waals surface area contributed by atoms with Gasteiger partial charge in [0, 0.05) is 35.7 Å². The maximum Gasteiger partial charge on any atom is 0.273 e. The summed E-state index contributed by atoms with van der Waals surface area (Å²) in [7, 11) is 1.46. The van der Waals surface area contributed by atoms with E-state index >= 15 is 0 Å². The number of amides is 1. The largest absolute Gasteiger partial charge is 0.494 e. The number of anilines is 1. The smallest absolute Gasteiger partial charge is 0.273 e. The van der Waals surface area contributed by atoms with Crippen LogP contribution in [0.2, 0.25) is 10.2 Å². The predicted molar refractivity (Wildman–Crippen MR) is 160 cm³/mol. The maximum atomic E-state index is 13.6. The number of aryl methyl sites for hydroxylation is 1. The molecule has 13 nitrogen and oxygen atoms in total. The Kier molecular flexibility index (Phi) is 7.63. The summed E-state index contributed by atoms with van der Waals surface area (Å²) in [5.74, 6) is 0.453. The molecule has 0 radical (unpaired) electrons. The van der Waals surface area contributed by atoms with Gasteiger partial charge in [0.25, 0.3) is 11.5 Å². The minimum Gasteiger partial charge on any atom is -0.494 e. The third-order valence-corrected chi connectivity index (χ3v) is 7.15. The molecule has 0 spiro atoms. The molecule has 0 aliphatic carbocycles. The van der Waals surface area contributed by atoms with Gasteiger partial charge in [-0.1, -0.05) is 34.5 Å². The molecule has 16 heteroatoms. The molecule has 214 valence electrons. The Bertz CT molecular complexity index is 2070. The minimum absolute atomic E-state index is 0.141. The van der Waals surface area contributed by atoms with E-state index < -0.39 is 5.91 Å². The average Bonchev–Trinajstić information content (AvgIpc) is 3.39. The van der Waals surface area contributed by atoms with Crippen LogP contribution in [-0.2, 0) is 0 Å². The Labute approximate surface area is 256 Å². The van der Waals surface area contributed by atoms with Gasteiger partial charge >= 0.3 is 0 Å². The molecule has 0 atom stereocenters. The van der Waals surface area contributed by atoms with Crippen molar-refractivity contribution in [3.8, 4) is 34.5 Å². The number of hydrogen-bond acceptors (Lipinski definition) is 12. The van der Waals surface area contributed by atoms with Crippen molar-refractivity contribution in [1.29, 1.82) is 0 Å². The molecular formula is C27H17Cl2N9O4S. The van der Waals surface area contributed by atoms with Gasteiger partial charge in [0.15, 0.2) is 21.4 Å². The predicted octanol–water partition coefficient (Wildman–Crippen LogP) is 5.15. The van der Waals surface area contributed by atoms with Crippen molar-refractivity contribution in [3.63, 3.8) is 0 Å². The number of hydrogen-bond donors (Lipinski definition) is 1. The standard InChI is InChI=1S/C27H17Cl2N9O4S/c1-13-5-23(39)38(34-8-13)20-7-15(16-6-19(29)30-11-18(16)41-2)17(10-31-20)25(40)37-27-36-24-26(43-27)35-22(12-33-24)42-21-4-3-14(28)9-32-21/h3-12H,1-2H3,(H,33,36,37,40). The zero-order valence-corrected chi connectivity index (χ0v) is 24.5. The van der Waals surface area contributed by atoms with E-state index in [9.17, 15) is 9.59 Å². The van der Waals surface area contributed by atoms with Crippen LogP contribution in [0.5, 0.6) is 17.5 Å². The number of aromatic nitrogens is 8. The van der Waals surface area contributed by atoms with Gasteiger partial charge in [-0.05, 0) is 30.7 Å². The highest BCUT2D eigenvalue weighted by atomic mass is 35.5. The molecule has 0 aromatic carbocycles. The zero-order valence-electron chi connectivity index (χ0n) is 22.1. The lowest BCUT2D eigenvalue weighted by Crippen LogP contribution is -2.22. The summed E-state index contributed by atoms with van der Waals surface area (Å²) in [4.78, 5) is 52.2. The molecule has 0 saturated carbocycles. The van der Waals surface area contributed by atoms with E-state index in [1.165, 1.54) is 44.2 Å². The summed E-state index contributed by atoms with van der Waals surface area (Å²) in [6.45, 7) is 1.76. The Morgan fingerprint density at radius 2 is 1.79 bits per heavy atom. The number of thiazole rings is 1. The van der Waals surface area contributed by atoms with Crippen LogP contribution in [0.1, 0.15) is 15.9 Å². The van der Waals surface area contributed by atoms with Gasteiger partial charge in [0.05, 0.1) is 36.3 Å². The number of nitrogens with one attached hydrogen (secondary N) is 1. The fourth-order valence-electron chi connectivity index (χ4n) is 3.93. The Balaban J connectivity index is 1.35. The van der Waals surface area contributed by atoms with Gasteiger partial charge in [0.1, 0.15) is 10.9 Å². The summed E-state index contributed by atoms with van der Waals surface area (Å²) in [5, 5.41) is 7.81. The molecule has 0 bridgehead atoms. The fourth-order valence-corrected chi connectivity index (χ4v) is 4.98. The topological polar surface area (TPSA) is 160 Å². The van der Waals surface area contributed by atoms with Crippen LogP contribution in [0.15, 0.2) is 66.1 Å². The van der Waals surface area contributed by atoms with Gasteiger partial charge in [-0.15, -0.1) is 0 Å². The van der Waals surface area contributed by atoms with E-state index in [4.69, 9.17) is 32.7 Å². The van der Waals surface area contributed by atoms with Gasteiger partial charge < -0.3 is 9.47 Å². The van der Waals surface area contributed by atoms with Crippen LogP contribution in [-0.4, -0.2) is 52.7 Å². The first kappa shape index (κ1) is 28.1. The number of halogens is 2. The zero-order chi connectivity index (χ0) is 30.1. The van der Waals surface area contributed by atoms with E-state index in [0.717, 1.165) is 16.0 Å². The lowest BCUT2D eigenvalue weighted by Gasteiger charge is -2.14. The lowest BCUT2D eigenvalue weighted by molar-refractivity contribution is 0.102. The summed E-state index contributed by atoms with van der Waals surface area (Å²) in [5.41, 5.74) is 1.56. The second kappa shape index (κ2) is 11.7. The van der Waals surface area contributed by atoms with E-state index in [2.05, 4.69) is 40.3 Å². The molecule has 0 aliphatic rings. The second-order valence-corrected chi connectivity index (χ2v) is 10.6. The van der Waals surface area contributed by atoms with Crippen molar-refractivity contribution in [2.45, 2.75) is 6.92 Å². The van der Waals surface area contributed by atoms with Crippen molar-refractivity contribution < 1.29 is 14.3 Å². The van der Waals surface area contributed by atoms with Crippen LogP contribution in [0.25, 0.3) is 27.4 Å². The van der Waals surface area contributed by atoms with Crippen LogP contribution in [0.4, 0.5) is 5.13 Å². The SMILES string of the molecule is COc1cnc(Cl)cc1-c1cc(-n2ncc(C)cc2=O)ncc1C(=O)Nc1nc2ncc(Oc3ccc(Cl)cn3)nc2s1. The van der Waals surface area contributed by atoms with Crippen LogP contribution in [0, 0.1) is 6.92 Å². The van der Waals surface area contributed by atoms with Crippen molar-refractivity contribution in [2.75, 3.05) is 12.4 Å². The first-order chi connectivity index (χ1) is 20.8. The Morgan fingerprint density at radius 3 is 2.56 bits per heavy atom. The first-order valence-electron chi connectivity index (χ1n) is 12.3. The molecule has 6 aromatic rings. The molecule has 6 rings (SSSR count). The highest BCUT2D eigenvalue weighted by Crippen LogP contribution is 2.35. The van der Waals surface area contributed by atoms with E-state index in [0.29, 0.717) is 37.9 Å². The number of pyridine rings is 3. The number of fused-ring (bicyclic) bond motifs is 1. The van der Waals surface area contributed by atoms with Gasteiger partial charge in [0.2, 0.25) is 11.8 Å². The summed E-state index contributed by atoms with van der Waals surface area (Å²) < 4.78 is 12.3. The Hall–Kier alpha value is -5.05. The summed E-state index contributed by atoms with van der Waals surface area (Å²) in [6.07, 6.45) is 7.14. The fraction of sp³-hybridized carbons (Fsp3) is 0.0741. The van der Waals surface area contributed by atoms with E-state index in [1.807, 2.05) is 0 Å². The Morgan fingerprint density at radius 1 is 0.930 bits per heavy atom. The second-order valence-electron chi connectivity index (χ2n) is 8.81. The monoisotopic (exact) mass is 633 g/mol. The number of methoxy groups -OCH3 is 1. The normalized spacial score (nSPS) is 11.0. The molecule has 0 saturated heterocycles. The first-order valence-corrected chi connectivity index (χ1v) is 13.9. The summed E-state index contributed by atoms with van der Waals surface area (Å²) >= 11 is 13.2. The number of rotatable bonds is 7. The number of carbonyl (C=O) groups excluding carboxylic acids is 1. The summed E-state index contributed by atoms with van der Waals surface area (Å²) in [6, 6.07) is 7.75. The molecule has 0 aliphatic heterocycles. The van der Waals surface area contributed by atoms with Crippen molar-refractivity contribution in [2.24, 2.45) is 0 Å². The number of ether oxygens (including phenoxy) is 2. The number of carbonyl (C=O) groups is 1. The third-order valence-electron chi connectivity index (χ3n) is 5.86. The van der Waals surface area contributed by atoms with Gasteiger partial charge in [-0.3, -0.25) is 14.9 Å². The third kappa shape index (κ3) is 5.97. The van der Waals surface area contributed by atoms with Gasteiger partial charge in [-0.2, -0.15) is 19.7 Å². The molecule has 1 amide bonds. The lowest BCUT2D eigenvalue weighted by atomic mass is 10.0. The molecule has 1 N–H and O–H groups in total. The molecule has 43 heavy (non-hydrogen) atoms. The van der Waals surface area contributed by atoms with Crippen LogP contribution in [0.3, 0.4) is 0 Å². The van der Waals surface area contributed by atoms with Crippen LogP contribution >= 0.6 is 34.5 Å². The van der Waals surface area contributed by atoms with Crippen LogP contribution < -0.4 is 20.3 Å². The quantitative estimate of drug-likeness (QED) is 0.231. The molecular weight excluding hydrogens is 617 g/mol. The maximum absolute atomic E-state index is 13.6. The minimum atomic E-state index is -0.547. The molecule has 6 aromatic heterocycles. The van der Waals surface area contributed by atoms with Crippen molar-refractivity contribution in [3.05, 3.63) is 93.0 Å². The molecule has 0 fully saturated rings. The van der Waals surface area contributed by atoms with Crippen molar-refractivity contribution in [1.82, 2.24) is 39.7 Å². The van der Waals surface area contributed by atoms with E-state index in [1.54, 1.807) is 31.2 Å². The van der Waals surface area contributed by atoms with Crippen molar-refractivity contribution >= 4 is 56.1 Å². The highest BCUT2D eigenvalue weighted by Gasteiger charge is 2.21. The van der Waals surface area contributed by atoms with E-state index in [-0.39, 0.29) is 39.0 Å². The van der Waals surface area contributed by atoms with Gasteiger partial charge in [-0.25, -0.2) is 19.9 Å². The average molecular weight is 634 g/mol. The highest BCUT2D eigenvalue weighted by molar-refractivity contribution is 7.21. The molecule has 0 unspecified atom stereocenters. The molecule has 6 heterocycles.